The number of nitrogens with zero attached hydrogens (tertiary/aromatic N) is 3. The zero-order valence-electron chi connectivity index (χ0n) is 13.7. The lowest BCUT2D eigenvalue weighted by molar-refractivity contribution is 1.16. The minimum absolute atomic E-state index is 0.477. The summed E-state index contributed by atoms with van der Waals surface area (Å²) in [6.45, 7) is 0. The minimum atomic E-state index is 0.477. The number of benzene rings is 2. The van der Waals surface area contributed by atoms with Crippen LogP contribution in [0.1, 0.15) is 16.7 Å². The molecule has 0 unspecified atom stereocenters. The molecule has 4 rings (SSSR count). The largest absolute Gasteiger partial charge is 0.340 e. The van der Waals surface area contributed by atoms with Gasteiger partial charge in [-0.2, -0.15) is 10.2 Å². The first-order valence-electron chi connectivity index (χ1n) is 8.07. The van der Waals surface area contributed by atoms with E-state index in [1.54, 1.807) is 18.3 Å². The second-order valence-corrected chi connectivity index (χ2v) is 6.24. The number of rotatable bonds is 4. The third kappa shape index (κ3) is 3.37. The maximum Gasteiger partial charge on any atom is 0.229 e. The molecule has 1 aliphatic carbocycles. The molecule has 126 valence electrons. The highest BCUT2D eigenvalue weighted by Crippen LogP contribution is 2.32. The molecule has 0 saturated heterocycles. The van der Waals surface area contributed by atoms with Crippen molar-refractivity contribution >= 4 is 39.8 Å². The normalized spacial score (nSPS) is 12.1. The predicted octanol–water partition coefficient (Wildman–Crippen LogP) is 4.97. The van der Waals surface area contributed by atoms with Gasteiger partial charge in [0.2, 0.25) is 5.95 Å². The molecule has 0 radical (unpaired) electrons. The van der Waals surface area contributed by atoms with Crippen LogP contribution >= 0.6 is 11.6 Å². The third-order valence-corrected chi connectivity index (χ3v) is 4.42. The molecule has 0 aliphatic heterocycles. The van der Waals surface area contributed by atoms with Crippen LogP contribution in [0.15, 0.2) is 60.8 Å². The molecule has 5 nitrogen and oxygen atoms in total. The molecule has 1 heterocycles. The number of fused-ring (bicyclic) bond motifs is 1. The lowest BCUT2D eigenvalue weighted by Crippen LogP contribution is -2.00. The van der Waals surface area contributed by atoms with Crippen molar-refractivity contribution in [3.63, 3.8) is 0 Å². The standard InChI is InChI=1S/C20H14ClN5/c21-18-8-3-14-11-16(6-7-17(14)18)24-19-9-10-23-20(26-19)25-15-4-1-13(12-22)2-5-15/h1-2,4-11H,3H2,(H2,23,24,25,26). The molecule has 0 amide bonds. The fraction of sp³-hybridized carbons (Fsp3) is 0.0500. The van der Waals surface area contributed by atoms with Crippen LogP contribution in [0.25, 0.3) is 5.03 Å². The van der Waals surface area contributed by atoms with E-state index in [-0.39, 0.29) is 0 Å². The molecule has 2 aromatic carbocycles. The summed E-state index contributed by atoms with van der Waals surface area (Å²) in [4.78, 5) is 8.71. The van der Waals surface area contributed by atoms with Gasteiger partial charge in [-0.15, -0.1) is 0 Å². The van der Waals surface area contributed by atoms with E-state index in [1.165, 1.54) is 5.56 Å². The fourth-order valence-electron chi connectivity index (χ4n) is 2.78. The summed E-state index contributed by atoms with van der Waals surface area (Å²) < 4.78 is 0. The first-order chi connectivity index (χ1) is 12.7. The summed E-state index contributed by atoms with van der Waals surface area (Å²) in [6, 6.07) is 17.1. The highest BCUT2D eigenvalue weighted by Gasteiger charge is 2.12. The number of allylic oxidation sites excluding steroid dienone is 1. The molecule has 0 saturated carbocycles. The van der Waals surface area contributed by atoms with Gasteiger partial charge in [0.15, 0.2) is 0 Å². The molecule has 1 aromatic heterocycles. The van der Waals surface area contributed by atoms with Crippen molar-refractivity contribution < 1.29 is 0 Å². The Morgan fingerprint density at radius 2 is 1.81 bits per heavy atom. The molecule has 0 atom stereocenters. The van der Waals surface area contributed by atoms with E-state index >= 15 is 0 Å². The van der Waals surface area contributed by atoms with Crippen molar-refractivity contribution in [3.8, 4) is 6.07 Å². The number of nitriles is 1. The van der Waals surface area contributed by atoms with Crippen molar-refractivity contribution in [3.05, 3.63) is 77.5 Å². The average Bonchev–Trinajstić information content (AvgIpc) is 3.03. The number of nitrogens with one attached hydrogen (secondary N) is 2. The zero-order valence-corrected chi connectivity index (χ0v) is 14.5. The molecular formula is C20H14ClN5. The van der Waals surface area contributed by atoms with Gasteiger partial charge in [0.1, 0.15) is 5.82 Å². The smallest absolute Gasteiger partial charge is 0.229 e. The molecule has 0 fully saturated rings. The number of hydrogen-bond acceptors (Lipinski definition) is 5. The van der Waals surface area contributed by atoms with Crippen LogP contribution in [-0.2, 0) is 6.42 Å². The average molecular weight is 360 g/mol. The van der Waals surface area contributed by atoms with Crippen LogP contribution in [0.5, 0.6) is 0 Å². The zero-order chi connectivity index (χ0) is 17.9. The van der Waals surface area contributed by atoms with Crippen LogP contribution in [0.4, 0.5) is 23.1 Å². The molecule has 3 aromatic rings. The van der Waals surface area contributed by atoms with Gasteiger partial charge >= 0.3 is 0 Å². The van der Waals surface area contributed by atoms with Crippen molar-refractivity contribution in [2.45, 2.75) is 6.42 Å². The van der Waals surface area contributed by atoms with Gasteiger partial charge in [-0.25, -0.2) is 4.98 Å². The third-order valence-electron chi connectivity index (χ3n) is 4.06. The maximum atomic E-state index is 8.85. The highest BCUT2D eigenvalue weighted by atomic mass is 35.5. The summed E-state index contributed by atoms with van der Waals surface area (Å²) in [5.41, 5.74) is 4.66. The van der Waals surface area contributed by atoms with E-state index in [1.807, 2.05) is 36.4 Å². The SMILES string of the molecule is N#Cc1ccc(Nc2nccc(Nc3ccc4c(c3)CC=C4Cl)n2)cc1. The van der Waals surface area contributed by atoms with Gasteiger partial charge in [0, 0.05) is 22.6 Å². The second-order valence-electron chi connectivity index (χ2n) is 5.83. The lowest BCUT2D eigenvalue weighted by atomic mass is 10.1. The number of hydrogen-bond donors (Lipinski definition) is 2. The van der Waals surface area contributed by atoms with Gasteiger partial charge in [0.05, 0.1) is 11.6 Å². The Morgan fingerprint density at radius 1 is 1.00 bits per heavy atom. The molecule has 2 N–H and O–H groups in total. The second kappa shape index (κ2) is 6.87. The molecule has 6 heteroatoms. The van der Waals surface area contributed by atoms with Crippen LogP contribution in [0, 0.1) is 11.3 Å². The molecule has 1 aliphatic rings. The first-order valence-corrected chi connectivity index (χ1v) is 8.45. The number of aromatic nitrogens is 2. The number of anilines is 4. The predicted molar refractivity (Wildman–Crippen MR) is 104 cm³/mol. The fourth-order valence-corrected chi connectivity index (χ4v) is 3.04. The van der Waals surface area contributed by atoms with Gasteiger partial charge in [-0.3, -0.25) is 0 Å². The van der Waals surface area contributed by atoms with Crippen LogP contribution in [-0.4, -0.2) is 9.97 Å². The van der Waals surface area contributed by atoms with E-state index in [0.717, 1.165) is 28.4 Å². The Bertz CT molecular complexity index is 1030. The highest BCUT2D eigenvalue weighted by molar-refractivity contribution is 6.49. The van der Waals surface area contributed by atoms with Gasteiger partial charge in [0.25, 0.3) is 0 Å². The van der Waals surface area contributed by atoms with Gasteiger partial charge in [-0.05, 0) is 60.0 Å². The summed E-state index contributed by atoms with van der Waals surface area (Å²) >= 11 is 6.17. The summed E-state index contributed by atoms with van der Waals surface area (Å²) in [5.74, 6) is 1.17. The van der Waals surface area contributed by atoms with Crippen LogP contribution < -0.4 is 10.6 Å². The molecular weight excluding hydrogens is 346 g/mol. The van der Waals surface area contributed by atoms with Gasteiger partial charge < -0.3 is 10.6 Å². The van der Waals surface area contributed by atoms with Crippen molar-refractivity contribution in [2.75, 3.05) is 10.6 Å². The Kier molecular flexibility index (Phi) is 4.26. The van der Waals surface area contributed by atoms with E-state index in [9.17, 15) is 0 Å². The van der Waals surface area contributed by atoms with E-state index < -0.39 is 0 Å². The van der Waals surface area contributed by atoms with E-state index in [0.29, 0.717) is 17.3 Å². The Morgan fingerprint density at radius 3 is 2.62 bits per heavy atom. The summed E-state index contributed by atoms with van der Waals surface area (Å²) in [5, 5.41) is 16.1. The topological polar surface area (TPSA) is 73.6 Å². The van der Waals surface area contributed by atoms with Crippen molar-refractivity contribution in [1.29, 1.82) is 5.26 Å². The molecule has 0 bridgehead atoms. The first kappa shape index (κ1) is 16.1. The van der Waals surface area contributed by atoms with Crippen molar-refractivity contribution in [2.24, 2.45) is 0 Å². The Balaban J connectivity index is 1.50. The summed E-state index contributed by atoms with van der Waals surface area (Å²) in [6.07, 6.45) is 4.55. The quantitative estimate of drug-likeness (QED) is 0.687. The Hall–Kier alpha value is -3.36. The molecule has 26 heavy (non-hydrogen) atoms. The van der Waals surface area contributed by atoms with Crippen LogP contribution in [0.3, 0.4) is 0 Å². The molecule has 0 spiro atoms. The van der Waals surface area contributed by atoms with Gasteiger partial charge in [-0.1, -0.05) is 23.7 Å². The Labute approximate surface area is 156 Å². The summed E-state index contributed by atoms with van der Waals surface area (Å²) in [7, 11) is 0. The maximum absolute atomic E-state index is 8.85. The van der Waals surface area contributed by atoms with E-state index in [4.69, 9.17) is 16.9 Å². The number of halogens is 1. The van der Waals surface area contributed by atoms with Crippen LogP contribution in [0.2, 0.25) is 0 Å². The lowest BCUT2D eigenvalue weighted by Gasteiger charge is -2.10. The van der Waals surface area contributed by atoms with E-state index in [2.05, 4.69) is 32.7 Å². The minimum Gasteiger partial charge on any atom is -0.340 e. The monoisotopic (exact) mass is 359 g/mol. The van der Waals surface area contributed by atoms with Crippen molar-refractivity contribution in [1.82, 2.24) is 9.97 Å².